The van der Waals surface area contributed by atoms with Crippen LogP contribution in [0.4, 0.5) is 0 Å². The highest BCUT2D eigenvalue weighted by atomic mass is 35.5. The van der Waals surface area contributed by atoms with Crippen LogP contribution in [0.3, 0.4) is 0 Å². The number of carbonyl (C=O) groups excluding carboxylic acids is 1. The number of halogens is 1. The minimum Gasteiger partial charge on any atom is -0.478 e. The molecule has 0 saturated carbocycles. The Morgan fingerprint density at radius 1 is 1.36 bits per heavy atom. The SMILES string of the molecule is CCCCO[C@@H]1CON=C1c1cc(Cl)ccc1O[C@@H](CC)C(=O)OC(C)(C)C. The van der Waals surface area contributed by atoms with Crippen LogP contribution in [0, 0.1) is 0 Å². The third-order valence-corrected chi connectivity index (χ3v) is 4.27. The highest BCUT2D eigenvalue weighted by Gasteiger charge is 2.31. The summed E-state index contributed by atoms with van der Waals surface area (Å²) in [4.78, 5) is 17.7. The summed E-state index contributed by atoms with van der Waals surface area (Å²) >= 11 is 6.21. The summed E-state index contributed by atoms with van der Waals surface area (Å²) in [6.45, 7) is 10.4. The number of unbranched alkanes of at least 4 members (excludes halogenated alkanes) is 1. The molecule has 1 aliphatic rings. The Bertz CT molecular complexity index is 699. The molecule has 0 spiro atoms. The fraction of sp³-hybridized carbons (Fsp3) is 0.619. The van der Waals surface area contributed by atoms with Crippen molar-refractivity contribution in [2.75, 3.05) is 13.2 Å². The Morgan fingerprint density at radius 3 is 2.75 bits per heavy atom. The quantitative estimate of drug-likeness (QED) is 0.433. The Kier molecular flexibility index (Phi) is 8.13. The lowest BCUT2D eigenvalue weighted by atomic mass is 10.0. The maximum Gasteiger partial charge on any atom is 0.347 e. The number of hydrogen-bond acceptors (Lipinski definition) is 6. The number of nitrogens with zero attached hydrogens (tertiary/aromatic N) is 1. The van der Waals surface area contributed by atoms with Crippen LogP contribution >= 0.6 is 11.6 Å². The molecule has 28 heavy (non-hydrogen) atoms. The molecule has 0 fully saturated rings. The van der Waals surface area contributed by atoms with Gasteiger partial charge in [0.05, 0.1) is 0 Å². The van der Waals surface area contributed by atoms with Crippen molar-refractivity contribution in [3.63, 3.8) is 0 Å². The van der Waals surface area contributed by atoms with E-state index in [0.29, 0.717) is 41.7 Å². The number of oxime groups is 1. The third kappa shape index (κ3) is 6.38. The first kappa shape index (κ1) is 22.5. The van der Waals surface area contributed by atoms with Gasteiger partial charge in [0, 0.05) is 17.2 Å². The van der Waals surface area contributed by atoms with E-state index in [2.05, 4.69) is 12.1 Å². The molecule has 2 atom stereocenters. The zero-order chi connectivity index (χ0) is 20.7. The number of rotatable bonds is 9. The van der Waals surface area contributed by atoms with E-state index in [1.165, 1.54) is 0 Å². The molecule has 1 heterocycles. The van der Waals surface area contributed by atoms with Crippen molar-refractivity contribution < 1.29 is 23.8 Å². The molecule has 1 aliphatic heterocycles. The molecule has 0 saturated heterocycles. The zero-order valence-electron chi connectivity index (χ0n) is 17.3. The van der Waals surface area contributed by atoms with Gasteiger partial charge in [-0.05, 0) is 51.8 Å². The van der Waals surface area contributed by atoms with Crippen molar-refractivity contribution in [2.24, 2.45) is 5.16 Å². The molecule has 0 radical (unpaired) electrons. The predicted molar refractivity (Wildman–Crippen MR) is 109 cm³/mol. The molecule has 6 nitrogen and oxygen atoms in total. The van der Waals surface area contributed by atoms with Gasteiger partial charge < -0.3 is 19.0 Å². The van der Waals surface area contributed by atoms with Crippen molar-refractivity contribution in [1.82, 2.24) is 0 Å². The number of ether oxygens (including phenoxy) is 3. The van der Waals surface area contributed by atoms with E-state index < -0.39 is 17.7 Å². The minimum absolute atomic E-state index is 0.297. The molecular formula is C21H30ClNO5. The second-order valence-corrected chi connectivity index (χ2v) is 8.11. The maximum absolute atomic E-state index is 12.5. The smallest absolute Gasteiger partial charge is 0.347 e. The van der Waals surface area contributed by atoms with E-state index in [9.17, 15) is 4.79 Å². The first-order valence-corrected chi connectivity index (χ1v) is 10.1. The summed E-state index contributed by atoms with van der Waals surface area (Å²) < 4.78 is 17.4. The molecule has 0 unspecified atom stereocenters. The van der Waals surface area contributed by atoms with E-state index >= 15 is 0 Å². The first-order chi connectivity index (χ1) is 13.2. The Balaban J connectivity index is 2.23. The van der Waals surface area contributed by atoms with Crippen LogP contribution in [0.5, 0.6) is 5.75 Å². The van der Waals surface area contributed by atoms with Crippen LogP contribution in [0.15, 0.2) is 23.4 Å². The molecule has 156 valence electrons. The summed E-state index contributed by atoms with van der Waals surface area (Å²) in [6.07, 6.45) is 1.44. The fourth-order valence-corrected chi connectivity index (χ4v) is 2.83. The van der Waals surface area contributed by atoms with Gasteiger partial charge in [0.2, 0.25) is 0 Å². The molecular weight excluding hydrogens is 382 g/mol. The Hall–Kier alpha value is -1.79. The molecule has 0 N–H and O–H groups in total. The van der Waals surface area contributed by atoms with Crippen molar-refractivity contribution in [2.45, 2.75) is 71.7 Å². The van der Waals surface area contributed by atoms with Gasteiger partial charge in [0.1, 0.15) is 29.8 Å². The predicted octanol–water partition coefficient (Wildman–Crippen LogP) is 4.76. The number of esters is 1. The van der Waals surface area contributed by atoms with Crippen molar-refractivity contribution in [3.05, 3.63) is 28.8 Å². The highest BCUT2D eigenvalue weighted by molar-refractivity contribution is 6.31. The van der Waals surface area contributed by atoms with Crippen LogP contribution < -0.4 is 4.74 Å². The normalized spacial score (nSPS) is 17.6. The Labute approximate surface area is 172 Å². The summed E-state index contributed by atoms with van der Waals surface area (Å²) in [5.74, 6) is 0.0895. The van der Waals surface area contributed by atoms with E-state index in [1.54, 1.807) is 18.2 Å². The molecule has 2 rings (SSSR count). The molecule has 1 aromatic carbocycles. The lowest BCUT2D eigenvalue weighted by molar-refractivity contribution is -0.163. The van der Waals surface area contributed by atoms with Gasteiger partial charge in [-0.3, -0.25) is 0 Å². The van der Waals surface area contributed by atoms with Gasteiger partial charge in [0.25, 0.3) is 0 Å². The minimum atomic E-state index is -0.735. The Morgan fingerprint density at radius 2 is 2.11 bits per heavy atom. The van der Waals surface area contributed by atoms with Gasteiger partial charge >= 0.3 is 5.97 Å². The second-order valence-electron chi connectivity index (χ2n) is 7.67. The van der Waals surface area contributed by atoms with Gasteiger partial charge in [-0.2, -0.15) is 0 Å². The summed E-state index contributed by atoms with van der Waals surface area (Å²) in [5, 5.41) is 4.68. The van der Waals surface area contributed by atoms with E-state index in [1.807, 2.05) is 27.7 Å². The fourth-order valence-electron chi connectivity index (χ4n) is 2.66. The highest BCUT2D eigenvalue weighted by Crippen LogP contribution is 2.29. The van der Waals surface area contributed by atoms with E-state index in [-0.39, 0.29) is 6.10 Å². The molecule has 0 aromatic heterocycles. The second kappa shape index (κ2) is 10.1. The van der Waals surface area contributed by atoms with Gasteiger partial charge in [-0.1, -0.05) is 37.0 Å². The average molecular weight is 412 g/mol. The molecule has 0 bridgehead atoms. The largest absolute Gasteiger partial charge is 0.478 e. The monoisotopic (exact) mass is 411 g/mol. The molecule has 0 aliphatic carbocycles. The van der Waals surface area contributed by atoms with Crippen LogP contribution in [-0.4, -0.2) is 42.7 Å². The summed E-state index contributed by atoms with van der Waals surface area (Å²) in [5.41, 5.74) is 0.694. The van der Waals surface area contributed by atoms with Gasteiger partial charge in [-0.15, -0.1) is 0 Å². The van der Waals surface area contributed by atoms with Crippen molar-refractivity contribution in [1.29, 1.82) is 0 Å². The average Bonchev–Trinajstić information content (AvgIpc) is 3.07. The topological polar surface area (TPSA) is 66.3 Å². The van der Waals surface area contributed by atoms with Crippen LogP contribution in [0.2, 0.25) is 5.02 Å². The summed E-state index contributed by atoms with van der Waals surface area (Å²) in [6, 6.07) is 5.20. The number of carbonyl (C=O) groups is 1. The van der Waals surface area contributed by atoms with Crippen LogP contribution in [-0.2, 0) is 19.1 Å². The third-order valence-electron chi connectivity index (χ3n) is 4.04. The standard InChI is InChI=1S/C21H30ClNO5/c1-6-8-11-25-18-13-26-23-19(18)15-12-14(22)9-10-17(15)27-16(7-2)20(24)28-21(3,4)5/h9-10,12,16,18H,6-8,11,13H2,1-5H3/t16-,18+/m0/s1. The van der Waals surface area contributed by atoms with Gasteiger partial charge in [0.15, 0.2) is 6.10 Å². The molecule has 7 heteroatoms. The van der Waals surface area contributed by atoms with Gasteiger partial charge in [-0.25, -0.2) is 4.79 Å². The lowest BCUT2D eigenvalue weighted by Gasteiger charge is -2.25. The molecule has 0 amide bonds. The van der Waals surface area contributed by atoms with Crippen molar-refractivity contribution >= 4 is 23.3 Å². The van der Waals surface area contributed by atoms with E-state index in [0.717, 1.165) is 12.8 Å². The van der Waals surface area contributed by atoms with Crippen molar-refractivity contribution in [3.8, 4) is 5.75 Å². The zero-order valence-corrected chi connectivity index (χ0v) is 18.0. The lowest BCUT2D eigenvalue weighted by Crippen LogP contribution is -2.35. The first-order valence-electron chi connectivity index (χ1n) is 9.76. The van der Waals surface area contributed by atoms with Crippen LogP contribution in [0.1, 0.15) is 59.4 Å². The molecule has 1 aromatic rings. The summed E-state index contributed by atoms with van der Waals surface area (Å²) in [7, 11) is 0. The van der Waals surface area contributed by atoms with Crippen LogP contribution in [0.25, 0.3) is 0 Å². The van der Waals surface area contributed by atoms with E-state index in [4.69, 9.17) is 30.6 Å². The maximum atomic E-state index is 12.5. The number of hydrogen-bond donors (Lipinski definition) is 0. The number of benzene rings is 1.